The number of hydrogen-bond donors (Lipinski definition) is 5. The quantitative estimate of drug-likeness (QED) is 0.390. The Morgan fingerprint density at radius 3 is 2.88 bits per heavy atom. The molecule has 0 aromatic carbocycles. The molecule has 0 radical (unpaired) electrons. The number of aromatic nitrogens is 4. The number of hydrogen-bond acceptors (Lipinski definition) is 9. The summed E-state index contributed by atoms with van der Waals surface area (Å²) in [5, 5.41) is 34.3. The van der Waals surface area contributed by atoms with E-state index in [1.54, 1.807) is 6.92 Å². The molecule has 172 valence electrons. The number of imidazole rings is 1. The summed E-state index contributed by atoms with van der Waals surface area (Å²) in [5.74, 6) is 5.42. The first kappa shape index (κ1) is 22.4. The van der Waals surface area contributed by atoms with Crippen molar-refractivity contribution in [3.8, 4) is 11.8 Å². The van der Waals surface area contributed by atoms with Gasteiger partial charge in [-0.2, -0.15) is 0 Å². The van der Waals surface area contributed by atoms with Gasteiger partial charge in [-0.05, 0) is 38.0 Å². The summed E-state index contributed by atoms with van der Waals surface area (Å²) in [6, 6.07) is 0. The Bertz CT molecular complexity index is 1080. The fourth-order valence-corrected chi connectivity index (χ4v) is 4.24. The first-order chi connectivity index (χ1) is 15.2. The lowest BCUT2D eigenvalue weighted by atomic mass is 9.77. The van der Waals surface area contributed by atoms with Crippen molar-refractivity contribution in [1.29, 1.82) is 0 Å². The van der Waals surface area contributed by atoms with E-state index in [0.717, 1.165) is 19.3 Å². The highest BCUT2D eigenvalue weighted by Crippen LogP contribution is 2.34. The minimum absolute atomic E-state index is 0.0325. The van der Waals surface area contributed by atoms with Gasteiger partial charge in [0.1, 0.15) is 23.3 Å². The van der Waals surface area contributed by atoms with Crippen molar-refractivity contribution >= 4 is 22.9 Å². The first-order valence-corrected chi connectivity index (χ1v) is 10.8. The number of aliphatic hydroxyl groups is 3. The molecule has 6 N–H and O–H groups in total. The summed E-state index contributed by atoms with van der Waals surface area (Å²) >= 11 is 0. The van der Waals surface area contributed by atoms with E-state index in [1.165, 1.54) is 10.9 Å². The fraction of sp³-hybridized carbons (Fsp3) is 0.619. The maximum absolute atomic E-state index is 12.2. The van der Waals surface area contributed by atoms with Crippen LogP contribution < -0.4 is 11.1 Å². The zero-order valence-electron chi connectivity index (χ0n) is 18.0. The van der Waals surface area contributed by atoms with E-state index in [1.807, 2.05) is 6.92 Å². The number of fused-ring (bicyclic) bond motifs is 1. The highest BCUT2D eigenvalue weighted by Gasteiger charge is 2.47. The topological polar surface area (TPSA) is 169 Å². The standard InChI is InChI=1S/C21H28N6O5/c1-3-23-19(30)16-14(28)15(29)20(32-16)27-10-24-13-17(22)25-12(26-18(13)27)7-9-21(31)8-5-4-6-11(21)2/h10-11,14-16,20,28-29,31H,3-6,8H2,1-2H3,(H,23,30)(H2,22,25,26)/t11?,14-,15+,16-,20+,21?/m0/s1. The molecule has 3 heterocycles. The molecule has 1 amide bonds. The number of aliphatic hydroxyl groups excluding tert-OH is 2. The third-order valence-corrected chi connectivity index (χ3v) is 6.22. The van der Waals surface area contributed by atoms with Crippen molar-refractivity contribution in [2.45, 2.75) is 69.7 Å². The number of carbonyl (C=O) groups is 1. The molecule has 2 aromatic heterocycles. The second-order valence-electron chi connectivity index (χ2n) is 8.40. The molecule has 1 saturated carbocycles. The number of nitrogen functional groups attached to an aromatic ring is 1. The molecule has 0 spiro atoms. The Kier molecular flexibility index (Phi) is 6.05. The van der Waals surface area contributed by atoms with Crippen molar-refractivity contribution in [3.05, 3.63) is 12.2 Å². The highest BCUT2D eigenvalue weighted by molar-refractivity contribution is 5.83. The van der Waals surface area contributed by atoms with Crippen molar-refractivity contribution in [1.82, 2.24) is 24.8 Å². The lowest BCUT2D eigenvalue weighted by Gasteiger charge is -2.33. The predicted molar refractivity (Wildman–Crippen MR) is 114 cm³/mol. The van der Waals surface area contributed by atoms with Gasteiger partial charge in [-0.3, -0.25) is 9.36 Å². The average molecular weight is 444 g/mol. The normalized spacial score (nSPS) is 32.5. The maximum atomic E-state index is 12.2. The molecule has 2 fully saturated rings. The zero-order valence-corrected chi connectivity index (χ0v) is 18.0. The predicted octanol–water partition coefficient (Wildman–Crippen LogP) is -0.543. The van der Waals surface area contributed by atoms with Gasteiger partial charge < -0.3 is 31.1 Å². The molecule has 11 nitrogen and oxygen atoms in total. The first-order valence-electron chi connectivity index (χ1n) is 10.8. The largest absolute Gasteiger partial charge is 0.387 e. The Hall–Kier alpha value is -2.78. The third kappa shape index (κ3) is 3.91. The smallest absolute Gasteiger partial charge is 0.252 e. The minimum Gasteiger partial charge on any atom is -0.387 e. The van der Waals surface area contributed by atoms with Crippen molar-refractivity contribution in [2.24, 2.45) is 5.92 Å². The van der Waals surface area contributed by atoms with Crippen molar-refractivity contribution in [2.75, 3.05) is 12.3 Å². The lowest BCUT2D eigenvalue weighted by Crippen LogP contribution is -2.42. The van der Waals surface area contributed by atoms with Gasteiger partial charge in [-0.15, -0.1) is 0 Å². The second kappa shape index (κ2) is 8.63. The van der Waals surface area contributed by atoms with Crippen LogP contribution in [-0.4, -0.2) is 71.2 Å². The average Bonchev–Trinajstić information content (AvgIpc) is 3.31. The summed E-state index contributed by atoms with van der Waals surface area (Å²) in [7, 11) is 0. The summed E-state index contributed by atoms with van der Waals surface area (Å²) in [4.78, 5) is 24.9. The van der Waals surface area contributed by atoms with Crippen LogP contribution in [0.1, 0.15) is 51.6 Å². The van der Waals surface area contributed by atoms with E-state index in [4.69, 9.17) is 10.5 Å². The van der Waals surface area contributed by atoms with Gasteiger partial charge in [0.05, 0.1) is 6.33 Å². The Labute approximate surface area is 185 Å². The van der Waals surface area contributed by atoms with E-state index in [9.17, 15) is 20.1 Å². The van der Waals surface area contributed by atoms with E-state index < -0.39 is 36.0 Å². The number of amides is 1. The lowest BCUT2D eigenvalue weighted by molar-refractivity contribution is -0.137. The van der Waals surface area contributed by atoms with Crippen LogP contribution >= 0.6 is 0 Å². The Balaban J connectivity index is 1.67. The number of nitrogens with two attached hydrogens (primary N) is 1. The summed E-state index contributed by atoms with van der Waals surface area (Å²) in [5.41, 5.74) is 5.44. The molecule has 1 saturated heterocycles. The monoisotopic (exact) mass is 444 g/mol. The van der Waals surface area contributed by atoms with Crippen LogP contribution in [0.2, 0.25) is 0 Å². The van der Waals surface area contributed by atoms with Gasteiger partial charge in [-0.25, -0.2) is 15.0 Å². The number of ether oxygens (including phenoxy) is 1. The molecular formula is C21H28N6O5. The van der Waals surface area contributed by atoms with Gasteiger partial charge in [-0.1, -0.05) is 19.3 Å². The van der Waals surface area contributed by atoms with Crippen molar-refractivity contribution < 1.29 is 24.9 Å². The number of rotatable bonds is 3. The van der Waals surface area contributed by atoms with E-state index in [0.29, 0.717) is 13.0 Å². The SMILES string of the molecule is CCNC(=O)[C@H]1O[C@@H](n2cnc3c(N)nc(C#CC4(O)CCCCC4C)nc32)[C@H](O)[C@@H]1O. The highest BCUT2D eigenvalue weighted by atomic mass is 16.6. The molecule has 2 unspecified atom stereocenters. The molecule has 2 aliphatic rings. The van der Waals surface area contributed by atoms with E-state index >= 15 is 0 Å². The number of anilines is 1. The molecule has 0 bridgehead atoms. The molecule has 11 heteroatoms. The molecule has 6 atom stereocenters. The number of nitrogens with zero attached hydrogens (tertiary/aromatic N) is 4. The molecule has 1 aliphatic heterocycles. The summed E-state index contributed by atoms with van der Waals surface area (Å²) in [6.07, 6.45) is -0.385. The van der Waals surface area contributed by atoms with Crippen LogP contribution in [0.25, 0.3) is 11.2 Å². The van der Waals surface area contributed by atoms with Crippen LogP contribution in [0.15, 0.2) is 6.33 Å². The van der Waals surface area contributed by atoms with Crippen LogP contribution in [0, 0.1) is 17.8 Å². The van der Waals surface area contributed by atoms with Crippen molar-refractivity contribution in [3.63, 3.8) is 0 Å². The number of nitrogens with one attached hydrogen (secondary N) is 1. The van der Waals surface area contributed by atoms with Crippen LogP contribution in [0.5, 0.6) is 0 Å². The van der Waals surface area contributed by atoms with Crippen LogP contribution in [0.3, 0.4) is 0 Å². The second-order valence-corrected chi connectivity index (χ2v) is 8.40. The fourth-order valence-electron chi connectivity index (χ4n) is 4.24. The molecule has 1 aliphatic carbocycles. The molecule has 4 rings (SSSR count). The summed E-state index contributed by atoms with van der Waals surface area (Å²) in [6.45, 7) is 4.07. The number of carbonyl (C=O) groups excluding carboxylic acids is 1. The maximum Gasteiger partial charge on any atom is 0.252 e. The van der Waals surface area contributed by atoms with E-state index in [2.05, 4.69) is 32.1 Å². The number of likely N-dealkylation sites (N-methyl/N-ethyl adjacent to an activating group) is 1. The molecule has 2 aromatic rings. The third-order valence-electron chi connectivity index (χ3n) is 6.22. The zero-order chi connectivity index (χ0) is 23.0. The molecule has 32 heavy (non-hydrogen) atoms. The minimum atomic E-state index is -1.43. The van der Waals surface area contributed by atoms with Crippen LogP contribution in [0.4, 0.5) is 5.82 Å². The van der Waals surface area contributed by atoms with Gasteiger partial charge in [0.15, 0.2) is 23.8 Å². The van der Waals surface area contributed by atoms with Gasteiger partial charge in [0.25, 0.3) is 5.91 Å². The Morgan fingerprint density at radius 1 is 1.38 bits per heavy atom. The van der Waals surface area contributed by atoms with Gasteiger partial charge >= 0.3 is 0 Å². The molecular weight excluding hydrogens is 416 g/mol. The summed E-state index contributed by atoms with van der Waals surface area (Å²) < 4.78 is 7.04. The van der Waals surface area contributed by atoms with Crippen LogP contribution in [-0.2, 0) is 9.53 Å². The van der Waals surface area contributed by atoms with Gasteiger partial charge in [0.2, 0.25) is 5.82 Å². The Morgan fingerprint density at radius 2 is 2.16 bits per heavy atom. The van der Waals surface area contributed by atoms with Gasteiger partial charge in [0, 0.05) is 6.54 Å². The van der Waals surface area contributed by atoms with E-state index in [-0.39, 0.29) is 28.7 Å².